The van der Waals surface area contributed by atoms with Gasteiger partial charge in [0.25, 0.3) is 0 Å². The van der Waals surface area contributed by atoms with Gasteiger partial charge in [0.15, 0.2) is 0 Å². The second-order valence-electron chi connectivity index (χ2n) is 3.70. The molecule has 0 aromatic heterocycles. The average Bonchev–Trinajstić information content (AvgIpc) is 2.36. The SMILES string of the molecule is Nc1c(F)ccc(Oc2ccc(Br)cc2)c1C(=O)O. The second kappa shape index (κ2) is 5.27. The number of nitrogens with two attached hydrogens (primary N) is 1. The van der Waals surface area contributed by atoms with Crippen LogP contribution in [0.3, 0.4) is 0 Å². The Hall–Kier alpha value is -2.08. The number of rotatable bonds is 3. The molecular formula is C13H9BrFNO3. The maximum absolute atomic E-state index is 13.3. The molecular weight excluding hydrogens is 317 g/mol. The van der Waals surface area contributed by atoms with Gasteiger partial charge in [0, 0.05) is 4.47 Å². The lowest BCUT2D eigenvalue weighted by molar-refractivity contribution is 0.0695. The number of carboxylic acid groups (broad SMARTS) is 1. The van der Waals surface area contributed by atoms with Crippen molar-refractivity contribution in [3.05, 3.63) is 52.3 Å². The molecule has 0 aliphatic rings. The Morgan fingerprint density at radius 1 is 1.21 bits per heavy atom. The van der Waals surface area contributed by atoms with Crippen molar-refractivity contribution in [3.8, 4) is 11.5 Å². The number of halogens is 2. The van der Waals surface area contributed by atoms with E-state index in [1.807, 2.05) is 0 Å². The van der Waals surface area contributed by atoms with Gasteiger partial charge in [-0.1, -0.05) is 15.9 Å². The number of carboxylic acids is 1. The summed E-state index contributed by atoms with van der Waals surface area (Å²) in [5.74, 6) is -1.71. The fraction of sp³-hybridized carbons (Fsp3) is 0. The van der Waals surface area contributed by atoms with Crippen LogP contribution in [0.25, 0.3) is 0 Å². The van der Waals surface area contributed by atoms with E-state index in [0.29, 0.717) is 5.75 Å². The first-order chi connectivity index (χ1) is 8.99. The minimum atomic E-state index is -1.34. The lowest BCUT2D eigenvalue weighted by atomic mass is 10.1. The van der Waals surface area contributed by atoms with E-state index in [0.717, 1.165) is 10.5 Å². The van der Waals surface area contributed by atoms with Crippen molar-refractivity contribution in [1.82, 2.24) is 0 Å². The molecule has 0 saturated carbocycles. The molecule has 0 saturated heterocycles. The zero-order valence-corrected chi connectivity index (χ0v) is 11.1. The van der Waals surface area contributed by atoms with Crippen LogP contribution in [0.5, 0.6) is 11.5 Å². The summed E-state index contributed by atoms with van der Waals surface area (Å²) < 4.78 is 19.5. The summed E-state index contributed by atoms with van der Waals surface area (Å²) in [6.45, 7) is 0. The minimum Gasteiger partial charge on any atom is -0.477 e. The monoisotopic (exact) mass is 325 g/mol. The number of hydrogen-bond donors (Lipinski definition) is 2. The Morgan fingerprint density at radius 3 is 2.42 bits per heavy atom. The Balaban J connectivity index is 2.42. The fourth-order valence-corrected chi connectivity index (χ4v) is 1.77. The molecule has 2 aromatic carbocycles. The number of anilines is 1. The third-order valence-corrected chi connectivity index (χ3v) is 2.94. The van der Waals surface area contributed by atoms with Crippen molar-refractivity contribution in [1.29, 1.82) is 0 Å². The summed E-state index contributed by atoms with van der Waals surface area (Å²) in [6, 6.07) is 9.07. The molecule has 19 heavy (non-hydrogen) atoms. The molecule has 0 fully saturated rings. The van der Waals surface area contributed by atoms with Crippen molar-refractivity contribution in [2.24, 2.45) is 0 Å². The van der Waals surface area contributed by atoms with Crippen molar-refractivity contribution in [2.45, 2.75) is 0 Å². The maximum atomic E-state index is 13.3. The number of ether oxygens (including phenoxy) is 1. The van der Waals surface area contributed by atoms with Crippen molar-refractivity contribution in [2.75, 3.05) is 5.73 Å². The number of hydrogen-bond acceptors (Lipinski definition) is 3. The van der Waals surface area contributed by atoms with E-state index in [2.05, 4.69) is 15.9 Å². The largest absolute Gasteiger partial charge is 0.477 e. The molecule has 3 N–H and O–H groups in total. The first kappa shape index (κ1) is 13.4. The average molecular weight is 326 g/mol. The van der Waals surface area contributed by atoms with E-state index in [9.17, 15) is 9.18 Å². The predicted molar refractivity (Wildman–Crippen MR) is 72.0 cm³/mol. The Morgan fingerprint density at radius 2 is 1.84 bits per heavy atom. The van der Waals surface area contributed by atoms with Crippen LogP contribution in [-0.2, 0) is 0 Å². The van der Waals surface area contributed by atoms with Gasteiger partial charge in [-0.3, -0.25) is 0 Å². The predicted octanol–water partition coefficient (Wildman–Crippen LogP) is 3.66. The standard InChI is InChI=1S/C13H9BrFNO3/c14-7-1-3-8(4-2-7)19-10-6-5-9(15)12(16)11(10)13(17)18/h1-6H,16H2,(H,17,18). The topological polar surface area (TPSA) is 72.5 Å². The Kier molecular flexibility index (Phi) is 3.71. The normalized spacial score (nSPS) is 10.2. The summed E-state index contributed by atoms with van der Waals surface area (Å²) in [5.41, 5.74) is 4.59. The summed E-state index contributed by atoms with van der Waals surface area (Å²) in [4.78, 5) is 11.1. The third-order valence-electron chi connectivity index (χ3n) is 2.41. The van der Waals surface area contributed by atoms with Crippen molar-refractivity contribution < 1.29 is 19.0 Å². The molecule has 0 atom stereocenters. The van der Waals surface area contributed by atoms with Gasteiger partial charge in [-0.15, -0.1) is 0 Å². The second-order valence-corrected chi connectivity index (χ2v) is 4.61. The molecule has 0 aliphatic carbocycles. The van der Waals surface area contributed by atoms with E-state index < -0.39 is 17.5 Å². The fourth-order valence-electron chi connectivity index (χ4n) is 1.51. The van der Waals surface area contributed by atoms with Gasteiger partial charge in [0.1, 0.15) is 22.9 Å². The van der Waals surface area contributed by atoms with Crippen LogP contribution in [0, 0.1) is 5.82 Å². The lowest BCUT2D eigenvalue weighted by Crippen LogP contribution is -2.07. The first-order valence-corrected chi connectivity index (χ1v) is 6.03. The zero-order chi connectivity index (χ0) is 14.0. The molecule has 0 radical (unpaired) electrons. The van der Waals surface area contributed by atoms with Crippen LogP contribution in [0.15, 0.2) is 40.9 Å². The van der Waals surface area contributed by atoms with Crippen LogP contribution in [-0.4, -0.2) is 11.1 Å². The van der Waals surface area contributed by atoms with Crippen LogP contribution >= 0.6 is 15.9 Å². The highest BCUT2D eigenvalue weighted by atomic mass is 79.9. The summed E-state index contributed by atoms with van der Waals surface area (Å²) >= 11 is 3.27. The maximum Gasteiger partial charge on any atom is 0.341 e. The van der Waals surface area contributed by atoms with Crippen molar-refractivity contribution in [3.63, 3.8) is 0 Å². The van der Waals surface area contributed by atoms with Gasteiger partial charge in [0.05, 0.1) is 5.69 Å². The molecule has 0 spiro atoms. The number of aromatic carboxylic acids is 1. The van der Waals surface area contributed by atoms with Gasteiger partial charge >= 0.3 is 5.97 Å². The molecule has 0 bridgehead atoms. The van der Waals surface area contributed by atoms with Gasteiger partial charge < -0.3 is 15.6 Å². The van der Waals surface area contributed by atoms with E-state index in [1.165, 1.54) is 6.07 Å². The molecule has 0 aliphatic heterocycles. The number of carbonyl (C=O) groups is 1. The van der Waals surface area contributed by atoms with E-state index in [4.69, 9.17) is 15.6 Å². The molecule has 0 unspecified atom stereocenters. The van der Waals surface area contributed by atoms with Crippen molar-refractivity contribution >= 4 is 27.6 Å². The summed E-state index contributed by atoms with van der Waals surface area (Å²) in [5, 5.41) is 9.06. The quantitative estimate of drug-likeness (QED) is 0.844. The molecule has 0 amide bonds. The van der Waals surface area contributed by atoms with Crippen LogP contribution in [0.1, 0.15) is 10.4 Å². The van der Waals surface area contributed by atoms with Crippen LogP contribution in [0.4, 0.5) is 10.1 Å². The number of benzene rings is 2. The third kappa shape index (κ3) is 2.85. The van der Waals surface area contributed by atoms with Gasteiger partial charge in [-0.2, -0.15) is 0 Å². The lowest BCUT2D eigenvalue weighted by Gasteiger charge is -2.11. The summed E-state index contributed by atoms with van der Waals surface area (Å²) in [6.07, 6.45) is 0. The van der Waals surface area contributed by atoms with Crippen LogP contribution < -0.4 is 10.5 Å². The van der Waals surface area contributed by atoms with Gasteiger partial charge in [-0.05, 0) is 36.4 Å². The molecule has 2 aromatic rings. The highest BCUT2D eigenvalue weighted by Gasteiger charge is 2.19. The summed E-state index contributed by atoms with van der Waals surface area (Å²) in [7, 11) is 0. The number of nitrogen functional groups attached to an aromatic ring is 1. The molecule has 4 nitrogen and oxygen atoms in total. The van der Waals surface area contributed by atoms with E-state index in [-0.39, 0.29) is 11.3 Å². The highest BCUT2D eigenvalue weighted by molar-refractivity contribution is 9.10. The smallest absolute Gasteiger partial charge is 0.341 e. The molecule has 6 heteroatoms. The highest BCUT2D eigenvalue weighted by Crippen LogP contribution is 2.31. The molecule has 2 rings (SSSR count). The van der Waals surface area contributed by atoms with E-state index in [1.54, 1.807) is 24.3 Å². The van der Waals surface area contributed by atoms with Crippen LogP contribution in [0.2, 0.25) is 0 Å². The zero-order valence-electron chi connectivity index (χ0n) is 9.56. The molecule has 98 valence electrons. The molecule has 0 heterocycles. The van der Waals surface area contributed by atoms with Gasteiger partial charge in [0.2, 0.25) is 0 Å². The Labute approximate surface area is 116 Å². The van der Waals surface area contributed by atoms with Gasteiger partial charge in [-0.25, -0.2) is 9.18 Å². The first-order valence-electron chi connectivity index (χ1n) is 5.23. The Bertz CT molecular complexity index is 629. The minimum absolute atomic E-state index is 0.00581. The van der Waals surface area contributed by atoms with E-state index >= 15 is 0 Å².